The first-order valence-electron chi connectivity index (χ1n) is 6.79. The third-order valence-corrected chi connectivity index (χ3v) is 3.28. The second-order valence-electron chi connectivity index (χ2n) is 5.06. The standard InChI is InChI=1S/C16H17N5/c1-11-8-12(2)19-16(18-11)20-17-9-13-10-21(3)15-7-5-4-6-14(13)15/h4-10H,1-3H3,(H,18,19,20)/b17-9+. The van der Waals surface area contributed by atoms with Crippen LogP contribution in [0.3, 0.4) is 0 Å². The zero-order chi connectivity index (χ0) is 14.8. The fourth-order valence-corrected chi connectivity index (χ4v) is 2.41. The van der Waals surface area contributed by atoms with Crippen LogP contribution in [0.2, 0.25) is 0 Å². The molecule has 0 fully saturated rings. The maximum absolute atomic E-state index is 4.29. The predicted molar refractivity (Wildman–Crippen MR) is 85.6 cm³/mol. The first kappa shape index (κ1) is 13.3. The summed E-state index contributed by atoms with van der Waals surface area (Å²) in [6.07, 6.45) is 3.85. The van der Waals surface area contributed by atoms with Gasteiger partial charge in [0, 0.05) is 41.1 Å². The van der Waals surface area contributed by atoms with Crippen LogP contribution in [0, 0.1) is 13.8 Å². The first-order chi connectivity index (χ1) is 10.1. The van der Waals surface area contributed by atoms with Crippen molar-refractivity contribution in [2.45, 2.75) is 13.8 Å². The molecule has 0 aliphatic carbocycles. The molecule has 3 aromatic rings. The van der Waals surface area contributed by atoms with Crippen molar-refractivity contribution < 1.29 is 0 Å². The van der Waals surface area contributed by atoms with Gasteiger partial charge in [0.05, 0.1) is 6.21 Å². The lowest BCUT2D eigenvalue weighted by Gasteiger charge is -2.01. The minimum atomic E-state index is 0.518. The molecule has 0 amide bonds. The summed E-state index contributed by atoms with van der Waals surface area (Å²) in [6, 6.07) is 10.2. The number of rotatable bonds is 3. The fourth-order valence-electron chi connectivity index (χ4n) is 2.41. The van der Waals surface area contributed by atoms with E-state index < -0.39 is 0 Å². The molecule has 0 saturated heterocycles. The summed E-state index contributed by atoms with van der Waals surface area (Å²) >= 11 is 0. The maximum atomic E-state index is 4.29. The zero-order valence-electron chi connectivity index (χ0n) is 12.3. The monoisotopic (exact) mass is 279 g/mol. The predicted octanol–water partition coefficient (Wildman–Crippen LogP) is 3.03. The van der Waals surface area contributed by atoms with Gasteiger partial charge in [0.1, 0.15) is 0 Å². The van der Waals surface area contributed by atoms with Crippen LogP contribution in [-0.4, -0.2) is 20.7 Å². The second kappa shape index (κ2) is 5.36. The molecule has 106 valence electrons. The molecule has 5 nitrogen and oxygen atoms in total. The van der Waals surface area contributed by atoms with Gasteiger partial charge < -0.3 is 4.57 Å². The number of nitrogens with one attached hydrogen (secondary N) is 1. The van der Waals surface area contributed by atoms with E-state index in [1.807, 2.05) is 39.1 Å². The van der Waals surface area contributed by atoms with Gasteiger partial charge in [0.15, 0.2) is 0 Å². The minimum absolute atomic E-state index is 0.518. The van der Waals surface area contributed by atoms with Crippen molar-refractivity contribution in [2.24, 2.45) is 12.1 Å². The van der Waals surface area contributed by atoms with Crippen molar-refractivity contribution in [3.8, 4) is 0 Å². The smallest absolute Gasteiger partial charge is 0.243 e. The molecule has 1 N–H and O–H groups in total. The van der Waals surface area contributed by atoms with Crippen LogP contribution in [0.1, 0.15) is 17.0 Å². The van der Waals surface area contributed by atoms with Crippen LogP contribution < -0.4 is 5.43 Å². The molecule has 0 atom stereocenters. The lowest BCUT2D eigenvalue weighted by molar-refractivity contribution is 0.968. The summed E-state index contributed by atoms with van der Waals surface area (Å²) in [5.74, 6) is 0.518. The Morgan fingerprint density at radius 3 is 2.62 bits per heavy atom. The van der Waals surface area contributed by atoms with E-state index in [9.17, 15) is 0 Å². The summed E-state index contributed by atoms with van der Waals surface area (Å²) in [6.45, 7) is 3.88. The van der Waals surface area contributed by atoms with Crippen molar-refractivity contribution in [3.63, 3.8) is 0 Å². The Morgan fingerprint density at radius 1 is 1.14 bits per heavy atom. The van der Waals surface area contributed by atoms with Crippen LogP contribution in [-0.2, 0) is 7.05 Å². The van der Waals surface area contributed by atoms with E-state index in [4.69, 9.17) is 0 Å². The Morgan fingerprint density at radius 2 is 1.86 bits per heavy atom. The first-order valence-corrected chi connectivity index (χ1v) is 6.79. The van der Waals surface area contributed by atoms with Crippen LogP contribution >= 0.6 is 0 Å². The van der Waals surface area contributed by atoms with E-state index in [0.29, 0.717) is 5.95 Å². The van der Waals surface area contributed by atoms with Crippen molar-refractivity contribution in [1.29, 1.82) is 0 Å². The molecule has 2 heterocycles. The lowest BCUT2D eigenvalue weighted by Crippen LogP contribution is -1.99. The fraction of sp³-hybridized carbons (Fsp3) is 0.188. The third kappa shape index (κ3) is 2.76. The molecule has 0 spiro atoms. The molecular weight excluding hydrogens is 262 g/mol. The average Bonchev–Trinajstić information content (AvgIpc) is 2.75. The van der Waals surface area contributed by atoms with E-state index >= 15 is 0 Å². The number of para-hydroxylation sites is 1. The zero-order valence-corrected chi connectivity index (χ0v) is 12.3. The molecule has 0 aliphatic heterocycles. The third-order valence-electron chi connectivity index (χ3n) is 3.28. The van der Waals surface area contributed by atoms with Crippen LogP contribution in [0.5, 0.6) is 0 Å². The highest BCUT2D eigenvalue weighted by Gasteiger charge is 2.03. The van der Waals surface area contributed by atoms with E-state index in [1.165, 1.54) is 10.9 Å². The molecule has 0 aliphatic rings. The maximum Gasteiger partial charge on any atom is 0.243 e. The highest BCUT2D eigenvalue weighted by atomic mass is 15.3. The summed E-state index contributed by atoms with van der Waals surface area (Å²) < 4.78 is 2.09. The minimum Gasteiger partial charge on any atom is -0.350 e. The number of fused-ring (bicyclic) bond motifs is 1. The van der Waals surface area contributed by atoms with Gasteiger partial charge in [-0.2, -0.15) is 5.10 Å². The van der Waals surface area contributed by atoms with E-state index in [0.717, 1.165) is 17.0 Å². The number of hydrogen-bond acceptors (Lipinski definition) is 4. The Kier molecular flexibility index (Phi) is 3.39. The molecule has 2 aromatic heterocycles. The molecule has 0 radical (unpaired) electrons. The molecule has 0 bridgehead atoms. The largest absolute Gasteiger partial charge is 0.350 e. The van der Waals surface area contributed by atoms with Crippen molar-refractivity contribution in [3.05, 3.63) is 53.5 Å². The number of hydrazone groups is 1. The lowest BCUT2D eigenvalue weighted by atomic mass is 10.2. The highest BCUT2D eigenvalue weighted by Crippen LogP contribution is 2.18. The second-order valence-corrected chi connectivity index (χ2v) is 5.06. The summed E-state index contributed by atoms with van der Waals surface area (Å²) in [7, 11) is 2.03. The summed E-state index contributed by atoms with van der Waals surface area (Å²) in [5, 5.41) is 5.42. The van der Waals surface area contributed by atoms with Crippen LogP contribution in [0.4, 0.5) is 5.95 Å². The van der Waals surface area contributed by atoms with Gasteiger partial charge in [-0.15, -0.1) is 0 Å². The molecule has 5 heteroatoms. The van der Waals surface area contributed by atoms with Gasteiger partial charge in [-0.3, -0.25) is 0 Å². The Labute approximate surface area is 123 Å². The average molecular weight is 279 g/mol. The number of aromatic nitrogens is 3. The Bertz CT molecular complexity index is 796. The topological polar surface area (TPSA) is 55.1 Å². The van der Waals surface area contributed by atoms with Crippen LogP contribution in [0.15, 0.2) is 41.6 Å². The quantitative estimate of drug-likeness (QED) is 0.592. The molecule has 1 aromatic carbocycles. The molecule has 0 unspecified atom stereocenters. The number of anilines is 1. The Balaban J connectivity index is 1.85. The molecule has 21 heavy (non-hydrogen) atoms. The normalized spacial score (nSPS) is 11.4. The van der Waals surface area contributed by atoms with Crippen LogP contribution in [0.25, 0.3) is 10.9 Å². The van der Waals surface area contributed by atoms with Gasteiger partial charge in [0.25, 0.3) is 0 Å². The van der Waals surface area contributed by atoms with Crippen molar-refractivity contribution in [1.82, 2.24) is 14.5 Å². The van der Waals surface area contributed by atoms with Crippen molar-refractivity contribution in [2.75, 3.05) is 5.43 Å². The highest BCUT2D eigenvalue weighted by molar-refractivity contribution is 5.99. The molecular formula is C16H17N5. The molecule has 3 rings (SSSR count). The number of benzene rings is 1. The van der Waals surface area contributed by atoms with Gasteiger partial charge in [-0.1, -0.05) is 18.2 Å². The van der Waals surface area contributed by atoms with Gasteiger partial charge in [-0.05, 0) is 26.0 Å². The van der Waals surface area contributed by atoms with E-state index in [-0.39, 0.29) is 0 Å². The van der Waals surface area contributed by atoms with Crippen molar-refractivity contribution >= 4 is 23.1 Å². The van der Waals surface area contributed by atoms with E-state index in [1.54, 1.807) is 6.21 Å². The van der Waals surface area contributed by atoms with Gasteiger partial charge in [0.2, 0.25) is 5.95 Å². The molecule has 0 saturated carbocycles. The number of nitrogens with zero attached hydrogens (tertiary/aromatic N) is 4. The summed E-state index contributed by atoms with van der Waals surface area (Å²) in [4.78, 5) is 8.58. The number of hydrogen-bond donors (Lipinski definition) is 1. The van der Waals surface area contributed by atoms with Gasteiger partial charge in [-0.25, -0.2) is 15.4 Å². The van der Waals surface area contributed by atoms with Gasteiger partial charge >= 0.3 is 0 Å². The SMILES string of the molecule is Cc1cc(C)nc(N/N=C/c2cn(C)c3ccccc23)n1. The number of aryl methyl sites for hydroxylation is 3. The Hall–Kier alpha value is -2.69. The summed E-state index contributed by atoms with van der Waals surface area (Å²) in [5.41, 5.74) is 6.97. The van der Waals surface area contributed by atoms with E-state index in [2.05, 4.69) is 43.4 Å².